The van der Waals surface area contributed by atoms with E-state index in [-0.39, 0.29) is 5.78 Å². The van der Waals surface area contributed by atoms with Crippen molar-refractivity contribution in [1.29, 1.82) is 0 Å². The molecule has 0 amide bonds. The molecule has 15 heavy (non-hydrogen) atoms. The second-order valence-electron chi connectivity index (χ2n) is 3.99. The number of hydrogen-bond acceptors (Lipinski definition) is 2. The van der Waals surface area contributed by atoms with Gasteiger partial charge in [-0.1, -0.05) is 0 Å². The van der Waals surface area contributed by atoms with Crippen LogP contribution < -0.4 is 16.0 Å². The van der Waals surface area contributed by atoms with E-state index in [9.17, 15) is 4.79 Å². The van der Waals surface area contributed by atoms with Crippen molar-refractivity contribution in [3.05, 3.63) is 27.9 Å². The summed E-state index contributed by atoms with van der Waals surface area (Å²) < 4.78 is 0. The fourth-order valence-corrected chi connectivity index (χ4v) is 2.28. The summed E-state index contributed by atoms with van der Waals surface area (Å²) in [5, 5.41) is 5.43. The summed E-state index contributed by atoms with van der Waals surface area (Å²) >= 11 is 0. The Kier molecular flexibility index (Phi) is 1.63. The van der Waals surface area contributed by atoms with E-state index in [2.05, 4.69) is 17.2 Å². The third-order valence-corrected chi connectivity index (χ3v) is 3.02. The van der Waals surface area contributed by atoms with Crippen molar-refractivity contribution in [3.63, 3.8) is 0 Å². The summed E-state index contributed by atoms with van der Waals surface area (Å²) in [6.45, 7) is 3.04. The minimum atomic E-state index is 0.0618. The van der Waals surface area contributed by atoms with Gasteiger partial charge in [0.1, 0.15) is 0 Å². The maximum Gasteiger partial charge on any atom is 0.180 e. The van der Waals surface area contributed by atoms with Crippen molar-refractivity contribution >= 4 is 23.6 Å². The Morgan fingerprint density at radius 2 is 2.20 bits per heavy atom. The van der Waals surface area contributed by atoms with Crippen LogP contribution in [0.5, 0.6) is 0 Å². The first-order chi connectivity index (χ1) is 7.25. The summed E-state index contributed by atoms with van der Waals surface area (Å²) in [7, 11) is 0. The first-order valence-electron chi connectivity index (χ1n) is 5.15. The largest absolute Gasteiger partial charge is 0.387 e. The van der Waals surface area contributed by atoms with Crippen LogP contribution in [0.1, 0.15) is 18.1 Å². The average molecular weight is 200 g/mol. The van der Waals surface area contributed by atoms with Crippen molar-refractivity contribution in [1.82, 2.24) is 10.3 Å². The number of aromatic nitrogens is 1. The lowest BCUT2D eigenvalue weighted by molar-refractivity contribution is -0.109. The molecule has 0 atom stereocenters. The van der Waals surface area contributed by atoms with Crippen molar-refractivity contribution in [2.45, 2.75) is 13.3 Å². The van der Waals surface area contributed by atoms with Crippen LogP contribution in [0, 0.1) is 0 Å². The second-order valence-corrected chi connectivity index (χ2v) is 3.99. The molecule has 0 saturated heterocycles. The highest BCUT2D eigenvalue weighted by Gasteiger charge is 2.15. The summed E-state index contributed by atoms with van der Waals surface area (Å²) in [6, 6.07) is 0. The maximum absolute atomic E-state index is 11.2. The number of hydrogen-bond donors (Lipinski definition) is 2. The molecular formula is C12H12N2O. The predicted octanol–water partition coefficient (Wildman–Crippen LogP) is -0.335. The zero-order valence-corrected chi connectivity index (χ0v) is 8.55. The van der Waals surface area contributed by atoms with Crippen LogP contribution in [-0.2, 0) is 11.2 Å². The second kappa shape index (κ2) is 2.86. The predicted molar refractivity (Wildman–Crippen MR) is 59.3 cm³/mol. The quantitative estimate of drug-likeness (QED) is 0.602. The molecule has 3 heteroatoms. The molecule has 0 aromatic carbocycles. The smallest absolute Gasteiger partial charge is 0.180 e. The number of rotatable bonds is 0. The molecule has 1 aliphatic carbocycles. The number of ketones is 1. The van der Waals surface area contributed by atoms with Crippen LogP contribution >= 0.6 is 0 Å². The molecule has 76 valence electrons. The number of carbonyl (C=O) groups excluding carboxylic acids is 1. The number of nitrogens with one attached hydrogen (secondary N) is 2. The molecule has 0 radical (unpaired) electrons. The Balaban J connectivity index is 2.42. The van der Waals surface area contributed by atoms with Gasteiger partial charge in [-0.05, 0) is 31.1 Å². The minimum absolute atomic E-state index is 0.0618. The first kappa shape index (κ1) is 8.53. The number of H-pyrrole nitrogens is 1. The van der Waals surface area contributed by atoms with Gasteiger partial charge in [-0.15, -0.1) is 0 Å². The van der Waals surface area contributed by atoms with Gasteiger partial charge in [0.2, 0.25) is 0 Å². The van der Waals surface area contributed by atoms with Gasteiger partial charge in [-0.25, -0.2) is 0 Å². The van der Waals surface area contributed by atoms with Crippen molar-refractivity contribution in [2.75, 3.05) is 6.54 Å². The highest BCUT2D eigenvalue weighted by atomic mass is 16.1. The van der Waals surface area contributed by atoms with Crippen molar-refractivity contribution in [3.8, 4) is 0 Å². The highest BCUT2D eigenvalue weighted by Crippen LogP contribution is 2.09. The normalized spacial score (nSPS) is 17.9. The van der Waals surface area contributed by atoms with Crippen LogP contribution in [0.25, 0.3) is 17.8 Å². The molecule has 2 N–H and O–H groups in total. The zero-order valence-electron chi connectivity index (χ0n) is 8.55. The van der Waals surface area contributed by atoms with Crippen LogP contribution in [0.15, 0.2) is 6.08 Å². The van der Waals surface area contributed by atoms with E-state index in [0.29, 0.717) is 0 Å². The van der Waals surface area contributed by atoms with E-state index in [1.54, 1.807) is 12.2 Å². The van der Waals surface area contributed by atoms with Gasteiger partial charge in [0.05, 0.1) is 10.7 Å². The molecule has 1 aromatic heterocycles. The van der Waals surface area contributed by atoms with Gasteiger partial charge >= 0.3 is 0 Å². The van der Waals surface area contributed by atoms with Gasteiger partial charge in [0.25, 0.3) is 0 Å². The molecule has 1 aliphatic heterocycles. The summed E-state index contributed by atoms with van der Waals surface area (Å²) in [5.74, 6) is 0.0618. The molecule has 0 unspecified atom stereocenters. The molecule has 0 bridgehead atoms. The number of carbonyl (C=O) groups is 1. The maximum atomic E-state index is 11.2. The lowest BCUT2D eigenvalue weighted by Crippen LogP contribution is -2.30. The molecule has 0 fully saturated rings. The Labute approximate surface area is 87.2 Å². The highest BCUT2D eigenvalue weighted by molar-refractivity contribution is 6.16. The van der Waals surface area contributed by atoms with Crippen LogP contribution in [0.3, 0.4) is 0 Å². The van der Waals surface area contributed by atoms with E-state index in [1.807, 2.05) is 6.08 Å². The lowest BCUT2D eigenvalue weighted by Gasteiger charge is -2.12. The van der Waals surface area contributed by atoms with Gasteiger partial charge in [0, 0.05) is 23.9 Å². The number of allylic oxidation sites excluding steroid dienone is 1. The zero-order chi connectivity index (χ0) is 10.4. The van der Waals surface area contributed by atoms with E-state index in [0.717, 1.165) is 23.7 Å². The molecule has 3 rings (SSSR count). The van der Waals surface area contributed by atoms with Crippen molar-refractivity contribution in [2.24, 2.45) is 0 Å². The van der Waals surface area contributed by atoms with E-state index >= 15 is 0 Å². The number of fused-ring (bicyclic) bond motifs is 3. The van der Waals surface area contributed by atoms with Gasteiger partial charge < -0.3 is 10.3 Å². The molecule has 2 heterocycles. The van der Waals surface area contributed by atoms with Gasteiger partial charge in [-0.2, -0.15) is 0 Å². The van der Waals surface area contributed by atoms with Gasteiger partial charge in [0.15, 0.2) is 5.78 Å². The van der Waals surface area contributed by atoms with Crippen LogP contribution in [-0.4, -0.2) is 17.3 Å². The van der Waals surface area contributed by atoms with Crippen LogP contribution in [0.4, 0.5) is 0 Å². The topological polar surface area (TPSA) is 44.9 Å². The molecule has 0 saturated carbocycles. The summed E-state index contributed by atoms with van der Waals surface area (Å²) in [6.07, 6.45) is 6.24. The third kappa shape index (κ3) is 1.16. The molecule has 0 spiro atoms. The summed E-state index contributed by atoms with van der Waals surface area (Å²) in [4.78, 5) is 14.5. The lowest BCUT2D eigenvalue weighted by atomic mass is 10.0. The Morgan fingerprint density at radius 1 is 1.33 bits per heavy atom. The molecule has 2 aliphatic rings. The van der Waals surface area contributed by atoms with E-state index < -0.39 is 0 Å². The minimum Gasteiger partial charge on any atom is -0.387 e. The molecular weight excluding hydrogens is 188 g/mol. The SMILES string of the molecule is CC1=c2[nH]c3c(c2CCN1)C=CC(=O)C=3. The third-order valence-electron chi connectivity index (χ3n) is 3.02. The van der Waals surface area contributed by atoms with E-state index in [4.69, 9.17) is 0 Å². The fraction of sp³-hybridized carbons (Fsp3) is 0.250. The van der Waals surface area contributed by atoms with Gasteiger partial charge in [-0.3, -0.25) is 4.79 Å². The van der Waals surface area contributed by atoms with Crippen molar-refractivity contribution < 1.29 is 4.79 Å². The van der Waals surface area contributed by atoms with E-state index in [1.165, 1.54) is 16.8 Å². The number of aromatic amines is 1. The molecule has 3 nitrogen and oxygen atoms in total. The summed E-state index contributed by atoms with van der Waals surface area (Å²) in [5.41, 5.74) is 3.69. The Morgan fingerprint density at radius 3 is 3.07 bits per heavy atom. The monoisotopic (exact) mass is 200 g/mol. The first-order valence-corrected chi connectivity index (χ1v) is 5.15. The standard InChI is InChI=1S/C12H12N2O/c1-7-12-10(4-5-13-7)9-3-2-8(15)6-11(9)14-12/h2-3,6,13-14H,4-5H2,1H3. The van der Waals surface area contributed by atoms with Crippen LogP contribution in [0.2, 0.25) is 0 Å². The Bertz CT molecular complexity index is 590. The fourth-order valence-electron chi connectivity index (χ4n) is 2.28. The Hall–Kier alpha value is -1.77. The average Bonchev–Trinajstić information content (AvgIpc) is 2.57. The molecule has 1 aromatic rings.